The quantitative estimate of drug-likeness (QED) is 0.623. The summed E-state index contributed by atoms with van der Waals surface area (Å²) in [6.45, 7) is 0.802. The van der Waals surface area contributed by atoms with Crippen LogP contribution in [0.4, 0.5) is 0 Å². The minimum atomic E-state index is -3.78. The molecule has 2 aromatic heterocycles. The van der Waals surface area contributed by atoms with E-state index in [1.807, 2.05) is 0 Å². The van der Waals surface area contributed by atoms with Crippen LogP contribution in [0.3, 0.4) is 0 Å². The Balaban J connectivity index is 2.29. The molecule has 5 nitrogen and oxygen atoms in total. The number of sulfonamides is 1. The second-order valence-corrected chi connectivity index (χ2v) is 9.31. The van der Waals surface area contributed by atoms with Gasteiger partial charge in [0.05, 0.1) is 26.9 Å². The molecule has 0 bridgehead atoms. The predicted octanol–water partition coefficient (Wildman–Crippen LogP) is 4.01. The van der Waals surface area contributed by atoms with Crippen LogP contribution in [0.25, 0.3) is 10.2 Å². The number of ether oxygens (including phenoxy) is 1. The van der Waals surface area contributed by atoms with Crippen LogP contribution >= 0.6 is 45.9 Å². The maximum atomic E-state index is 12.5. The van der Waals surface area contributed by atoms with Gasteiger partial charge in [0.1, 0.15) is 4.21 Å². The minimum Gasteiger partial charge on any atom is -0.383 e. The molecule has 0 saturated heterocycles. The summed E-state index contributed by atoms with van der Waals surface area (Å²) in [5, 5.41) is 2.68. The van der Waals surface area contributed by atoms with E-state index in [9.17, 15) is 8.42 Å². The molecule has 0 N–H and O–H groups in total. The van der Waals surface area contributed by atoms with E-state index < -0.39 is 10.0 Å². The Labute approximate surface area is 156 Å². The van der Waals surface area contributed by atoms with E-state index in [1.165, 1.54) is 17.4 Å². The molecule has 24 heavy (non-hydrogen) atoms. The summed E-state index contributed by atoms with van der Waals surface area (Å²) in [5.41, 5.74) is 0.659. The van der Waals surface area contributed by atoms with Crippen molar-refractivity contribution in [3.8, 4) is 0 Å². The minimum absolute atomic E-state index is 0.190. The lowest BCUT2D eigenvalue weighted by atomic mass is 10.3. The van der Waals surface area contributed by atoms with Crippen LogP contribution in [0, 0.1) is 0 Å². The number of benzene rings is 1. The fraction of sp³-hybridized carbons (Fsp3) is 0.214. The number of hydrogen-bond donors (Lipinski definition) is 0. The zero-order valence-electron chi connectivity index (χ0n) is 12.4. The van der Waals surface area contributed by atoms with E-state index in [0.717, 1.165) is 11.3 Å². The van der Waals surface area contributed by atoms with E-state index in [-0.39, 0.29) is 4.21 Å². The van der Waals surface area contributed by atoms with Crippen molar-refractivity contribution in [2.75, 3.05) is 13.7 Å². The van der Waals surface area contributed by atoms with Gasteiger partial charge in [-0.1, -0.05) is 40.6 Å². The number of nitrogens with zero attached hydrogens (tertiary/aromatic N) is 2. The van der Waals surface area contributed by atoms with Crippen molar-refractivity contribution < 1.29 is 13.2 Å². The molecule has 1 aromatic carbocycles. The highest BCUT2D eigenvalue weighted by Gasteiger charge is 2.17. The number of halogens is 2. The van der Waals surface area contributed by atoms with Gasteiger partial charge in [-0.25, -0.2) is 0 Å². The molecule has 3 aromatic rings. The van der Waals surface area contributed by atoms with Crippen molar-refractivity contribution in [2.45, 2.75) is 10.8 Å². The number of thiazole rings is 1. The van der Waals surface area contributed by atoms with Crippen LogP contribution in [0.1, 0.15) is 0 Å². The number of methoxy groups -OCH3 is 1. The second kappa shape index (κ2) is 7.15. The largest absolute Gasteiger partial charge is 0.383 e. The summed E-state index contributed by atoms with van der Waals surface area (Å²) in [4.78, 5) is 0.311. The molecule has 0 unspecified atom stereocenters. The van der Waals surface area contributed by atoms with E-state index in [4.69, 9.17) is 27.9 Å². The summed E-state index contributed by atoms with van der Waals surface area (Å²) in [6.07, 6.45) is 0. The molecular formula is C14H12Cl2N2O3S3. The number of aromatic nitrogens is 1. The molecule has 2 heterocycles. The molecule has 0 aliphatic carbocycles. The molecule has 0 fully saturated rings. The first-order chi connectivity index (χ1) is 11.4. The smallest absolute Gasteiger partial charge is 0.294 e. The summed E-state index contributed by atoms with van der Waals surface area (Å²) in [6, 6.07) is 6.56. The monoisotopic (exact) mass is 422 g/mol. The van der Waals surface area contributed by atoms with Crippen molar-refractivity contribution >= 4 is 66.1 Å². The first-order valence-corrected chi connectivity index (χ1v) is 10.6. The van der Waals surface area contributed by atoms with Crippen molar-refractivity contribution in [3.63, 3.8) is 0 Å². The molecule has 0 amide bonds. The normalized spacial score (nSPS) is 13.0. The zero-order chi connectivity index (χ0) is 17.3. The van der Waals surface area contributed by atoms with Gasteiger partial charge in [0, 0.05) is 13.7 Å². The van der Waals surface area contributed by atoms with Gasteiger partial charge in [-0.2, -0.15) is 8.42 Å². The lowest BCUT2D eigenvalue weighted by Gasteiger charge is -2.06. The Kier molecular flexibility index (Phi) is 5.33. The molecule has 0 aliphatic rings. The first-order valence-electron chi connectivity index (χ1n) is 6.75. The first kappa shape index (κ1) is 17.9. The van der Waals surface area contributed by atoms with Crippen LogP contribution in [0.5, 0.6) is 0 Å². The topological polar surface area (TPSA) is 60.7 Å². The summed E-state index contributed by atoms with van der Waals surface area (Å²) in [5.74, 6) is 0. The van der Waals surface area contributed by atoms with E-state index in [0.29, 0.717) is 38.2 Å². The van der Waals surface area contributed by atoms with Gasteiger partial charge in [-0.3, -0.25) is 0 Å². The Morgan fingerprint density at radius 3 is 2.67 bits per heavy atom. The Hall–Kier alpha value is -0.900. The predicted molar refractivity (Wildman–Crippen MR) is 98.8 cm³/mol. The third-order valence-electron chi connectivity index (χ3n) is 3.19. The van der Waals surface area contributed by atoms with E-state index in [2.05, 4.69) is 4.40 Å². The molecular weight excluding hydrogens is 411 g/mol. The fourth-order valence-electron chi connectivity index (χ4n) is 2.13. The second-order valence-electron chi connectivity index (χ2n) is 4.73. The average molecular weight is 423 g/mol. The highest BCUT2D eigenvalue weighted by Crippen LogP contribution is 2.32. The Morgan fingerprint density at radius 2 is 2.00 bits per heavy atom. The summed E-state index contributed by atoms with van der Waals surface area (Å²) >= 11 is 14.8. The lowest BCUT2D eigenvalue weighted by molar-refractivity contribution is 0.187. The zero-order valence-corrected chi connectivity index (χ0v) is 16.4. The van der Waals surface area contributed by atoms with Crippen LogP contribution in [0.2, 0.25) is 10.0 Å². The van der Waals surface area contributed by atoms with Gasteiger partial charge in [-0.15, -0.1) is 15.7 Å². The molecule has 3 rings (SSSR count). The Bertz CT molecular complexity index is 1040. The van der Waals surface area contributed by atoms with Crippen LogP contribution < -0.4 is 4.80 Å². The fourth-order valence-corrected chi connectivity index (χ4v) is 5.97. The molecule has 0 aliphatic heterocycles. The summed E-state index contributed by atoms with van der Waals surface area (Å²) < 4.78 is 36.7. The highest BCUT2D eigenvalue weighted by atomic mass is 35.5. The van der Waals surface area contributed by atoms with Gasteiger partial charge in [0.15, 0.2) is 0 Å². The molecule has 0 radical (unpaired) electrons. The SMILES string of the molecule is COCCn1/c(=N/S(=O)(=O)c2cccs2)sc2c(Cl)ccc(Cl)c21. The number of hydrogen-bond acceptors (Lipinski definition) is 5. The van der Waals surface area contributed by atoms with E-state index in [1.54, 1.807) is 35.3 Å². The van der Waals surface area contributed by atoms with Gasteiger partial charge in [0.25, 0.3) is 10.0 Å². The third kappa shape index (κ3) is 3.40. The van der Waals surface area contributed by atoms with Crippen molar-refractivity contribution in [2.24, 2.45) is 4.40 Å². The van der Waals surface area contributed by atoms with Crippen molar-refractivity contribution in [3.05, 3.63) is 44.5 Å². The summed E-state index contributed by atoms with van der Waals surface area (Å²) in [7, 11) is -2.21. The molecule has 128 valence electrons. The van der Waals surface area contributed by atoms with Gasteiger partial charge in [0.2, 0.25) is 4.80 Å². The number of rotatable bonds is 5. The molecule has 0 atom stereocenters. The third-order valence-corrected chi connectivity index (χ3v) is 7.79. The molecule has 0 saturated carbocycles. The average Bonchev–Trinajstić information content (AvgIpc) is 3.17. The van der Waals surface area contributed by atoms with Crippen molar-refractivity contribution in [1.82, 2.24) is 4.57 Å². The van der Waals surface area contributed by atoms with Crippen LogP contribution in [-0.2, 0) is 21.3 Å². The van der Waals surface area contributed by atoms with Gasteiger partial charge in [-0.05, 0) is 23.6 Å². The van der Waals surface area contributed by atoms with Crippen molar-refractivity contribution in [1.29, 1.82) is 0 Å². The Morgan fingerprint density at radius 1 is 1.25 bits per heavy atom. The molecule has 10 heteroatoms. The van der Waals surface area contributed by atoms with E-state index >= 15 is 0 Å². The number of fused-ring (bicyclic) bond motifs is 1. The lowest BCUT2D eigenvalue weighted by Crippen LogP contribution is -2.19. The van der Waals surface area contributed by atoms with Gasteiger partial charge >= 0.3 is 0 Å². The van der Waals surface area contributed by atoms with Gasteiger partial charge < -0.3 is 9.30 Å². The van der Waals surface area contributed by atoms with Crippen LogP contribution in [-0.4, -0.2) is 26.7 Å². The maximum absolute atomic E-state index is 12.5. The molecule has 0 spiro atoms. The standard InChI is InChI=1S/C14H12Cl2N2O3S3/c1-21-7-6-18-12-9(15)4-5-10(16)13(12)23-14(18)17-24(19,20)11-3-2-8-22-11/h2-5,8H,6-7H2,1H3/b17-14-. The number of thiophene rings is 1. The van der Waals surface area contributed by atoms with Crippen LogP contribution in [0.15, 0.2) is 38.3 Å². The highest BCUT2D eigenvalue weighted by molar-refractivity contribution is 7.92. The maximum Gasteiger partial charge on any atom is 0.294 e.